The number of nitrogens with one attached hydrogen (secondary N) is 2. The minimum absolute atomic E-state index is 0.116. The number of urea groups is 1. The van der Waals surface area contributed by atoms with Crippen LogP contribution in [0, 0.1) is 0 Å². The number of carbonyl (C=O) groups excluding carboxylic acids is 1. The molecule has 1 heterocycles. The Kier molecular flexibility index (Phi) is 5.19. The van der Waals surface area contributed by atoms with Crippen molar-refractivity contribution in [3.8, 4) is 0 Å². The SMILES string of the molecule is CS(=O)(=O)c1ccc(CNC(=O)NC[C@@H]2CCCO2)cc1. The largest absolute Gasteiger partial charge is 0.376 e. The highest BCUT2D eigenvalue weighted by Crippen LogP contribution is 2.11. The topological polar surface area (TPSA) is 84.5 Å². The molecule has 0 unspecified atom stereocenters. The molecule has 2 amide bonds. The van der Waals surface area contributed by atoms with Crippen molar-refractivity contribution in [1.82, 2.24) is 10.6 Å². The third kappa shape index (κ3) is 5.02. The quantitative estimate of drug-likeness (QED) is 0.852. The average Bonchev–Trinajstić information content (AvgIpc) is 2.95. The van der Waals surface area contributed by atoms with E-state index >= 15 is 0 Å². The van der Waals surface area contributed by atoms with Crippen molar-refractivity contribution in [2.45, 2.75) is 30.4 Å². The molecule has 1 aliphatic heterocycles. The Hall–Kier alpha value is -1.60. The van der Waals surface area contributed by atoms with Crippen LogP contribution >= 0.6 is 0 Å². The van der Waals surface area contributed by atoms with Crippen LogP contribution in [-0.4, -0.2) is 40.0 Å². The van der Waals surface area contributed by atoms with E-state index in [1.165, 1.54) is 18.4 Å². The van der Waals surface area contributed by atoms with Gasteiger partial charge in [-0.05, 0) is 30.5 Å². The molecule has 2 N–H and O–H groups in total. The average molecular weight is 312 g/mol. The summed E-state index contributed by atoms with van der Waals surface area (Å²) < 4.78 is 28.1. The van der Waals surface area contributed by atoms with Crippen molar-refractivity contribution in [2.75, 3.05) is 19.4 Å². The summed E-state index contributed by atoms with van der Waals surface area (Å²) in [5.74, 6) is 0. The first-order chi connectivity index (χ1) is 9.95. The number of amides is 2. The molecule has 1 aromatic carbocycles. The van der Waals surface area contributed by atoms with Crippen LogP contribution in [0.1, 0.15) is 18.4 Å². The lowest BCUT2D eigenvalue weighted by Gasteiger charge is -2.11. The molecule has 0 aromatic heterocycles. The van der Waals surface area contributed by atoms with Crippen LogP contribution in [0.15, 0.2) is 29.2 Å². The third-order valence-electron chi connectivity index (χ3n) is 3.32. The molecule has 116 valence electrons. The Labute approximate surface area is 124 Å². The molecule has 1 fully saturated rings. The molecule has 1 aliphatic rings. The molecule has 6 nitrogen and oxygen atoms in total. The molecule has 1 aromatic rings. The molecule has 1 atom stereocenters. The summed E-state index contributed by atoms with van der Waals surface area (Å²) in [4.78, 5) is 11.9. The Balaban J connectivity index is 1.75. The van der Waals surface area contributed by atoms with E-state index in [0.717, 1.165) is 25.0 Å². The number of hydrogen-bond donors (Lipinski definition) is 2. The summed E-state index contributed by atoms with van der Waals surface area (Å²) >= 11 is 0. The van der Waals surface area contributed by atoms with Crippen molar-refractivity contribution in [3.05, 3.63) is 29.8 Å². The van der Waals surface area contributed by atoms with Gasteiger partial charge in [-0.15, -0.1) is 0 Å². The molecule has 0 spiro atoms. The van der Waals surface area contributed by atoms with Gasteiger partial charge in [-0.2, -0.15) is 0 Å². The molecule has 21 heavy (non-hydrogen) atoms. The van der Waals surface area contributed by atoms with Gasteiger partial charge in [0.25, 0.3) is 0 Å². The molecule has 0 saturated carbocycles. The first-order valence-corrected chi connectivity index (χ1v) is 8.76. The van der Waals surface area contributed by atoms with Gasteiger partial charge in [0.2, 0.25) is 0 Å². The normalized spacial score (nSPS) is 18.4. The number of rotatable bonds is 5. The lowest BCUT2D eigenvalue weighted by atomic mass is 10.2. The van der Waals surface area contributed by atoms with Crippen LogP contribution in [0.3, 0.4) is 0 Å². The highest BCUT2D eigenvalue weighted by Gasteiger charge is 2.15. The zero-order valence-electron chi connectivity index (χ0n) is 12.0. The van der Waals surface area contributed by atoms with E-state index in [1.807, 2.05) is 0 Å². The van der Waals surface area contributed by atoms with Gasteiger partial charge in [-0.1, -0.05) is 12.1 Å². The van der Waals surface area contributed by atoms with Crippen molar-refractivity contribution in [3.63, 3.8) is 0 Å². The van der Waals surface area contributed by atoms with E-state index in [0.29, 0.717) is 13.1 Å². The first-order valence-electron chi connectivity index (χ1n) is 6.87. The lowest BCUT2D eigenvalue weighted by molar-refractivity contribution is 0.111. The number of hydrogen-bond acceptors (Lipinski definition) is 4. The smallest absolute Gasteiger partial charge is 0.315 e. The zero-order chi connectivity index (χ0) is 15.3. The molecule has 0 radical (unpaired) electrons. The number of sulfone groups is 1. The maximum absolute atomic E-state index is 11.6. The molecular weight excluding hydrogens is 292 g/mol. The Bertz CT molecular complexity index is 577. The fourth-order valence-electron chi connectivity index (χ4n) is 2.11. The molecule has 1 saturated heterocycles. The summed E-state index contributed by atoms with van der Waals surface area (Å²) in [6.45, 7) is 1.63. The van der Waals surface area contributed by atoms with Gasteiger partial charge in [0.1, 0.15) is 0 Å². The minimum Gasteiger partial charge on any atom is -0.376 e. The predicted octanol–water partition coefficient (Wildman–Crippen LogP) is 1.07. The fraction of sp³-hybridized carbons (Fsp3) is 0.500. The maximum atomic E-state index is 11.6. The van der Waals surface area contributed by atoms with Gasteiger partial charge < -0.3 is 15.4 Å². The second-order valence-electron chi connectivity index (χ2n) is 5.11. The Morgan fingerprint density at radius 2 is 2.00 bits per heavy atom. The van der Waals surface area contributed by atoms with E-state index < -0.39 is 9.84 Å². The number of ether oxygens (including phenoxy) is 1. The summed E-state index contributed by atoms with van der Waals surface area (Å²) in [6, 6.07) is 6.21. The highest BCUT2D eigenvalue weighted by molar-refractivity contribution is 7.90. The van der Waals surface area contributed by atoms with Crippen LogP contribution in [0.5, 0.6) is 0 Å². The van der Waals surface area contributed by atoms with E-state index in [9.17, 15) is 13.2 Å². The molecule has 0 aliphatic carbocycles. The summed E-state index contributed by atoms with van der Waals surface area (Å²) in [5.41, 5.74) is 0.842. The number of carbonyl (C=O) groups is 1. The summed E-state index contributed by atoms with van der Waals surface area (Å²) in [5, 5.41) is 5.49. The van der Waals surface area contributed by atoms with Crippen LogP contribution in [0.2, 0.25) is 0 Å². The van der Waals surface area contributed by atoms with Crippen molar-refractivity contribution >= 4 is 15.9 Å². The Morgan fingerprint density at radius 1 is 1.29 bits per heavy atom. The minimum atomic E-state index is -3.18. The molecular formula is C14H20N2O4S. The predicted molar refractivity (Wildman–Crippen MR) is 78.8 cm³/mol. The van der Waals surface area contributed by atoms with Gasteiger partial charge in [-0.25, -0.2) is 13.2 Å². The van der Waals surface area contributed by atoms with E-state index in [-0.39, 0.29) is 17.0 Å². The third-order valence-corrected chi connectivity index (χ3v) is 4.45. The summed E-state index contributed by atoms with van der Waals surface area (Å²) in [6.07, 6.45) is 3.30. The van der Waals surface area contributed by atoms with E-state index in [1.54, 1.807) is 12.1 Å². The van der Waals surface area contributed by atoms with Crippen molar-refractivity contribution in [2.24, 2.45) is 0 Å². The fourth-order valence-corrected chi connectivity index (χ4v) is 2.74. The second-order valence-corrected chi connectivity index (χ2v) is 7.13. The van der Waals surface area contributed by atoms with Gasteiger partial charge in [-0.3, -0.25) is 0 Å². The zero-order valence-corrected chi connectivity index (χ0v) is 12.8. The van der Waals surface area contributed by atoms with E-state index in [4.69, 9.17) is 4.74 Å². The molecule has 0 bridgehead atoms. The van der Waals surface area contributed by atoms with Crippen LogP contribution in [0.25, 0.3) is 0 Å². The Morgan fingerprint density at radius 3 is 2.57 bits per heavy atom. The van der Waals surface area contributed by atoms with Crippen LogP contribution < -0.4 is 10.6 Å². The standard InChI is InChI=1S/C14H20N2O4S/c1-21(18,19)13-6-4-11(5-7-13)9-15-14(17)16-10-12-3-2-8-20-12/h4-7,12H,2-3,8-10H2,1H3,(H2,15,16,17)/t12-/m0/s1. The van der Waals surface area contributed by atoms with Gasteiger partial charge >= 0.3 is 6.03 Å². The second kappa shape index (κ2) is 6.91. The summed E-state index contributed by atoms with van der Waals surface area (Å²) in [7, 11) is -3.18. The number of benzene rings is 1. The van der Waals surface area contributed by atoms with Crippen LogP contribution in [0.4, 0.5) is 4.79 Å². The van der Waals surface area contributed by atoms with E-state index in [2.05, 4.69) is 10.6 Å². The van der Waals surface area contributed by atoms with Crippen LogP contribution in [-0.2, 0) is 21.1 Å². The van der Waals surface area contributed by atoms with Gasteiger partial charge in [0.15, 0.2) is 9.84 Å². The van der Waals surface area contributed by atoms with Gasteiger partial charge in [0.05, 0.1) is 11.0 Å². The lowest BCUT2D eigenvalue weighted by Crippen LogP contribution is -2.39. The molecule has 7 heteroatoms. The highest BCUT2D eigenvalue weighted by atomic mass is 32.2. The first kappa shape index (κ1) is 15.8. The molecule has 2 rings (SSSR count). The van der Waals surface area contributed by atoms with Crippen molar-refractivity contribution < 1.29 is 17.9 Å². The maximum Gasteiger partial charge on any atom is 0.315 e. The van der Waals surface area contributed by atoms with Crippen molar-refractivity contribution in [1.29, 1.82) is 0 Å². The van der Waals surface area contributed by atoms with Gasteiger partial charge in [0, 0.05) is 26.0 Å². The monoisotopic (exact) mass is 312 g/mol.